The molecule has 1 aromatic heterocycles. The molecule has 23 heavy (non-hydrogen) atoms. The van der Waals surface area contributed by atoms with E-state index in [9.17, 15) is 9.59 Å². The van der Waals surface area contributed by atoms with Gasteiger partial charge < -0.3 is 10.6 Å². The van der Waals surface area contributed by atoms with Crippen molar-refractivity contribution in [2.24, 2.45) is 0 Å². The Morgan fingerprint density at radius 2 is 1.91 bits per heavy atom. The summed E-state index contributed by atoms with van der Waals surface area (Å²) in [6.07, 6.45) is 2.12. The second kappa shape index (κ2) is 6.16. The largest absolute Gasteiger partial charge is 0.347 e. The Balaban J connectivity index is 1.56. The molecule has 5 heteroatoms. The monoisotopic (exact) mass is 328 g/mol. The summed E-state index contributed by atoms with van der Waals surface area (Å²) >= 11 is 1.71. The van der Waals surface area contributed by atoms with Crippen molar-refractivity contribution in [1.29, 1.82) is 0 Å². The van der Waals surface area contributed by atoms with E-state index >= 15 is 0 Å². The standard InChI is InChI=1S/C18H20N2O2S/c1-12-5-6-14(10-13(12)2)20-17(22)16(21)19-11-18(7-8-18)15-4-3-9-23-15/h3-6,9-10H,7-8,11H2,1-2H3,(H,19,21)(H,20,22). The third-order valence-corrected chi connectivity index (χ3v) is 5.57. The summed E-state index contributed by atoms with van der Waals surface area (Å²) in [5, 5.41) is 7.47. The lowest BCUT2D eigenvalue weighted by molar-refractivity contribution is -0.136. The van der Waals surface area contributed by atoms with Gasteiger partial charge in [0.15, 0.2) is 0 Å². The molecule has 120 valence electrons. The van der Waals surface area contributed by atoms with E-state index in [0.717, 1.165) is 24.0 Å². The van der Waals surface area contributed by atoms with Crippen LogP contribution in [0, 0.1) is 13.8 Å². The first-order valence-electron chi connectivity index (χ1n) is 7.71. The maximum atomic E-state index is 12.0. The molecule has 2 N–H and O–H groups in total. The van der Waals surface area contributed by atoms with E-state index in [-0.39, 0.29) is 5.41 Å². The van der Waals surface area contributed by atoms with Gasteiger partial charge in [-0.25, -0.2) is 0 Å². The molecule has 3 rings (SSSR count). The zero-order valence-electron chi connectivity index (χ0n) is 13.3. The van der Waals surface area contributed by atoms with Crippen LogP contribution in [0.5, 0.6) is 0 Å². The molecule has 1 aromatic carbocycles. The minimum atomic E-state index is -0.616. The van der Waals surface area contributed by atoms with Gasteiger partial charge in [0.25, 0.3) is 0 Å². The van der Waals surface area contributed by atoms with Gasteiger partial charge in [0, 0.05) is 22.5 Å². The summed E-state index contributed by atoms with van der Waals surface area (Å²) in [6.45, 7) is 4.50. The average molecular weight is 328 g/mol. The molecule has 0 unspecified atom stereocenters. The molecular formula is C18H20N2O2S. The number of rotatable bonds is 4. The van der Waals surface area contributed by atoms with Crippen molar-refractivity contribution in [3.05, 3.63) is 51.7 Å². The molecule has 1 aliphatic rings. The minimum absolute atomic E-state index is 0.0462. The lowest BCUT2D eigenvalue weighted by atomic mass is 10.1. The molecule has 0 saturated heterocycles. The van der Waals surface area contributed by atoms with Gasteiger partial charge in [-0.2, -0.15) is 0 Å². The van der Waals surface area contributed by atoms with Crippen molar-refractivity contribution in [3.8, 4) is 0 Å². The van der Waals surface area contributed by atoms with Gasteiger partial charge in [-0.15, -0.1) is 11.3 Å². The number of hydrogen-bond donors (Lipinski definition) is 2. The Hall–Kier alpha value is -2.14. The smallest absolute Gasteiger partial charge is 0.313 e. The minimum Gasteiger partial charge on any atom is -0.347 e. The SMILES string of the molecule is Cc1ccc(NC(=O)C(=O)NCC2(c3cccs3)CC2)cc1C. The zero-order valence-corrected chi connectivity index (χ0v) is 14.1. The number of amides is 2. The third-order valence-electron chi connectivity index (χ3n) is 4.46. The van der Waals surface area contributed by atoms with Crippen LogP contribution >= 0.6 is 11.3 Å². The van der Waals surface area contributed by atoms with Gasteiger partial charge in [0.05, 0.1) is 0 Å². The fraction of sp³-hybridized carbons (Fsp3) is 0.333. The number of aryl methyl sites for hydroxylation is 2. The maximum absolute atomic E-state index is 12.0. The van der Waals surface area contributed by atoms with Gasteiger partial charge in [-0.3, -0.25) is 9.59 Å². The van der Waals surface area contributed by atoms with E-state index in [1.807, 2.05) is 43.5 Å². The Kier molecular flexibility index (Phi) is 4.22. The van der Waals surface area contributed by atoms with Gasteiger partial charge in [0.2, 0.25) is 0 Å². The van der Waals surface area contributed by atoms with Crippen molar-refractivity contribution < 1.29 is 9.59 Å². The Labute approximate surface area is 139 Å². The number of carbonyl (C=O) groups excluding carboxylic acids is 2. The first-order chi connectivity index (χ1) is 11.0. The summed E-state index contributed by atoms with van der Waals surface area (Å²) in [7, 11) is 0. The molecule has 0 spiro atoms. The summed E-state index contributed by atoms with van der Waals surface area (Å²) in [5.41, 5.74) is 2.93. The second-order valence-electron chi connectivity index (χ2n) is 6.19. The van der Waals surface area contributed by atoms with Crippen LogP contribution in [0.15, 0.2) is 35.7 Å². The lowest BCUT2D eigenvalue weighted by Gasteiger charge is -2.14. The van der Waals surface area contributed by atoms with E-state index in [2.05, 4.69) is 16.7 Å². The van der Waals surface area contributed by atoms with Crippen LogP contribution in [-0.4, -0.2) is 18.4 Å². The summed E-state index contributed by atoms with van der Waals surface area (Å²) in [4.78, 5) is 25.3. The van der Waals surface area contributed by atoms with E-state index in [1.54, 1.807) is 11.3 Å². The Morgan fingerprint density at radius 3 is 2.52 bits per heavy atom. The molecular weight excluding hydrogens is 308 g/mol. The quantitative estimate of drug-likeness (QED) is 0.847. The second-order valence-corrected chi connectivity index (χ2v) is 7.14. The van der Waals surface area contributed by atoms with Crippen LogP contribution in [0.25, 0.3) is 0 Å². The van der Waals surface area contributed by atoms with Crippen molar-refractivity contribution in [3.63, 3.8) is 0 Å². The van der Waals surface area contributed by atoms with Gasteiger partial charge >= 0.3 is 11.8 Å². The van der Waals surface area contributed by atoms with Crippen molar-refractivity contribution in [1.82, 2.24) is 5.32 Å². The molecule has 1 heterocycles. The Bertz CT molecular complexity index is 733. The molecule has 1 saturated carbocycles. The maximum Gasteiger partial charge on any atom is 0.313 e. The molecule has 0 atom stereocenters. The highest BCUT2D eigenvalue weighted by atomic mass is 32.1. The first kappa shape index (κ1) is 15.7. The van der Waals surface area contributed by atoms with Crippen molar-refractivity contribution >= 4 is 28.8 Å². The van der Waals surface area contributed by atoms with E-state index < -0.39 is 11.8 Å². The predicted molar refractivity (Wildman–Crippen MR) is 92.8 cm³/mol. The molecule has 0 aliphatic heterocycles. The fourth-order valence-electron chi connectivity index (χ4n) is 2.58. The molecule has 1 aliphatic carbocycles. The molecule has 0 radical (unpaired) electrons. The molecule has 1 fully saturated rings. The van der Waals surface area contributed by atoms with Gasteiger partial charge in [0.1, 0.15) is 0 Å². The zero-order chi connectivity index (χ0) is 16.4. The lowest BCUT2D eigenvalue weighted by Crippen LogP contribution is -2.39. The van der Waals surface area contributed by atoms with Crippen LogP contribution in [0.1, 0.15) is 28.8 Å². The van der Waals surface area contributed by atoms with Crippen LogP contribution in [-0.2, 0) is 15.0 Å². The average Bonchev–Trinajstić information content (AvgIpc) is 3.11. The highest BCUT2D eigenvalue weighted by Gasteiger charge is 2.45. The number of benzene rings is 1. The highest BCUT2D eigenvalue weighted by molar-refractivity contribution is 7.10. The Morgan fingerprint density at radius 1 is 1.13 bits per heavy atom. The summed E-state index contributed by atoms with van der Waals surface area (Å²) in [6, 6.07) is 9.72. The number of hydrogen-bond acceptors (Lipinski definition) is 3. The molecule has 2 amide bonds. The van der Waals surface area contributed by atoms with E-state index in [1.165, 1.54) is 4.88 Å². The number of carbonyl (C=O) groups is 2. The first-order valence-corrected chi connectivity index (χ1v) is 8.59. The number of thiophene rings is 1. The topological polar surface area (TPSA) is 58.2 Å². The molecule has 2 aromatic rings. The summed E-state index contributed by atoms with van der Waals surface area (Å²) < 4.78 is 0. The van der Waals surface area contributed by atoms with Crippen molar-refractivity contribution in [2.45, 2.75) is 32.1 Å². The predicted octanol–water partition coefficient (Wildman–Crippen LogP) is 3.15. The van der Waals surface area contributed by atoms with E-state index in [4.69, 9.17) is 0 Å². The third kappa shape index (κ3) is 3.45. The molecule has 0 bridgehead atoms. The van der Waals surface area contributed by atoms with Crippen LogP contribution < -0.4 is 10.6 Å². The molecule has 4 nitrogen and oxygen atoms in total. The van der Waals surface area contributed by atoms with Crippen LogP contribution in [0.3, 0.4) is 0 Å². The number of nitrogens with one attached hydrogen (secondary N) is 2. The summed E-state index contributed by atoms with van der Waals surface area (Å²) in [5.74, 6) is -1.19. The highest BCUT2D eigenvalue weighted by Crippen LogP contribution is 2.49. The van der Waals surface area contributed by atoms with Gasteiger partial charge in [-0.1, -0.05) is 12.1 Å². The fourth-order valence-corrected chi connectivity index (χ4v) is 3.57. The van der Waals surface area contributed by atoms with Crippen molar-refractivity contribution in [2.75, 3.05) is 11.9 Å². The number of anilines is 1. The van der Waals surface area contributed by atoms with E-state index in [0.29, 0.717) is 12.2 Å². The normalized spacial score (nSPS) is 15.0. The van der Waals surface area contributed by atoms with Crippen LogP contribution in [0.4, 0.5) is 5.69 Å². The van der Waals surface area contributed by atoms with Gasteiger partial charge in [-0.05, 0) is 61.4 Å². The van der Waals surface area contributed by atoms with Crippen LogP contribution in [0.2, 0.25) is 0 Å².